The Hall–Kier alpha value is -2.14. The van der Waals surface area contributed by atoms with Gasteiger partial charge in [-0.1, -0.05) is 18.2 Å². The fraction of sp³-hybridized carbons (Fsp3) is 0.286. The minimum Gasteiger partial charge on any atom is -0.330 e. The molecule has 1 aromatic heterocycles. The molecule has 0 fully saturated rings. The van der Waals surface area contributed by atoms with Crippen LogP contribution in [0.5, 0.6) is 0 Å². The zero-order valence-electron chi connectivity index (χ0n) is 11.0. The van der Waals surface area contributed by atoms with Crippen LogP contribution in [0.15, 0.2) is 42.6 Å². The van der Waals surface area contributed by atoms with Crippen molar-refractivity contribution in [2.24, 2.45) is 12.8 Å². The number of amides is 1. The second-order valence-electron chi connectivity index (χ2n) is 4.31. The van der Waals surface area contributed by atoms with Crippen LogP contribution in [-0.2, 0) is 7.05 Å². The summed E-state index contributed by atoms with van der Waals surface area (Å²) >= 11 is 0. The molecule has 0 aliphatic rings. The molecule has 0 spiro atoms. The summed E-state index contributed by atoms with van der Waals surface area (Å²) in [6.07, 6.45) is 2.52. The molecule has 1 heterocycles. The van der Waals surface area contributed by atoms with Gasteiger partial charge < -0.3 is 10.6 Å². The zero-order valence-corrected chi connectivity index (χ0v) is 11.0. The van der Waals surface area contributed by atoms with Crippen LogP contribution in [0, 0.1) is 0 Å². The fourth-order valence-electron chi connectivity index (χ4n) is 1.87. The molecule has 19 heavy (non-hydrogen) atoms. The number of carbonyl (C=O) groups excluding carboxylic acids is 1. The molecule has 5 nitrogen and oxygen atoms in total. The van der Waals surface area contributed by atoms with E-state index < -0.39 is 0 Å². The Kier molecular flexibility index (Phi) is 4.30. The Morgan fingerprint density at radius 2 is 2.05 bits per heavy atom. The summed E-state index contributed by atoms with van der Waals surface area (Å²) in [7, 11) is 1.80. The van der Waals surface area contributed by atoms with Crippen molar-refractivity contribution in [3.8, 4) is 0 Å². The lowest BCUT2D eigenvalue weighted by Crippen LogP contribution is -2.33. The van der Waals surface area contributed by atoms with Crippen molar-refractivity contribution in [3.63, 3.8) is 0 Å². The third-order valence-electron chi connectivity index (χ3n) is 2.83. The first-order valence-corrected chi connectivity index (χ1v) is 6.29. The number of benzene rings is 1. The molecule has 0 saturated heterocycles. The number of anilines is 1. The van der Waals surface area contributed by atoms with Crippen LogP contribution in [-0.4, -0.2) is 28.8 Å². The van der Waals surface area contributed by atoms with Gasteiger partial charge in [0.05, 0.1) is 0 Å². The number of rotatable bonds is 5. The molecule has 5 heteroatoms. The van der Waals surface area contributed by atoms with E-state index in [9.17, 15) is 4.79 Å². The van der Waals surface area contributed by atoms with E-state index >= 15 is 0 Å². The average Bonchev–Trinajstić information content (AvgIpc) is 2.87. The monoisotopic (exact) mass is 258 g/mol. The topological polar surface area (TPSA) is 64.2 Å². The number of nitrogens with two attached hydrogens (primary N) is 1. The number of para-hydroxylation sites is 1. The molecule has 1 aromatic carbocycles. The van der Waals surface area contributed by atoms with E-state index in [-0.39, 0.29) is 5.91 Å². The summed E-state index contributed by atoms with van der Waals surface area (Å²) in [6.45, 7) is 1.15. The molecule has 100 valence electrons. The predicted molar refractivity (Wildman–Crippen MR) is 75.0 cm³/mol. The summed E-state index contributed by atoms with van der Waals surface area (Å²) in [5.74, 6) is -0.0970. The Balaban J connectivity index is 2.25. The summed E-state index contributed by atoms with van der Waals surface area (Å²) in [4.78, 5) is 14.2. The number of aryl methyl sites for hydroxylation is 1. The van der Waals surface area contributed by atoms with E-state index in [0.717, 1.165) is 12.1 Å². The lowest BCUT2D eigenvalue weighted by Gasteiger charge is -2.21. The van der Waals surface area contributed by atoms with Gasteiger partial charge in [0.25, 0.3) is 5.91 Å². The third kappa shape index (κ3) is 3.20. The molecule has 0 aliphatic heterocycles. The number of carbonyl (C=O) groups is 1. The van der Waals surface area contributed by atoms with Gasteiger partial charge in [-0.05, 0) is 31.2 Å². The third-order valence-corrected chi connectivity index (χ3v) is 2.83. The van der Waals surface area contributed by atoms with E-state index in [1.807, 2.05) is 30.3 Å². The second-order valence-corrected chi connectivity index (χ2v) is 4.31. The van der Waals surface area contributed by atoms with Crippen LogP contribution < -0.4 is 10.6 Å². The highest BCUT2D eigenvalue weighted by atomic mass is 16.2. The largest absolute Gasteiger partial charge is 0.330 e. The lowest BCUT2D eigenvalue weighted by molar-refractivity contribution is 0.0981. The highest BCUT2D eigenvalue weighted by molar-refractivity contribution is 6.04. The van der Waals surface area contributed by atoms with Crippen LogP contribution in [0.25, 0.3) is 0 Å². The fourth-order valence-corrected chi connectivity index (χ4v) is 1.87. The molecular formula is C14H18N4O. The van der Waals surface area contributed by atoms with Crippen molar-refractivity contribution < 1.29 is 4.79 Å². The van der Waals surface area contributed by atoms with Crippen LogP contribution in [0.1, 0.15) is 16.9 Å². The van der Waals surface area contributed by atoms with Gasteiger partial charge in [0, 0.05) is 25.5 Å². The highest BCUT2D eigenvalue weighted by Gasteiger charge is 2.19. The van der Waals surface area contributed by atoms with E-state index in [2.05, 4.69) is 5.10 Å². The van der Waals surface area contributed by atoms with Gasteiger partial charge in [-0.15, -0.1) is 0 Å². The first-order valence-electron chi connectivity index (χ1n) is 6.29. The Morgan fingerprint density at radius 3 is 2.63 bits per heavy atom. The van der Waals surface area contributed by atoms with Crippen molar-refractivity contribution in [2.45, 2.75) is 6.42 Å². The maximum atomic E-state index is 12.5. The lowest BCUT2D eigenvalue weighted by atomic mass is 10.2. The van der Waals surface area contributed by atoms with Gasteiger partial charge in [0.15, 0.2) is 5.69 Å². The molecule has 0 bridgehead atoms. The van der Waals surface area contributed by atoms with Crippen molar-refractivity contribution in [1.29, 1.82) is 0 Å². The first-order chi connectivity index (χ1) is 9.22. The molecular weight excluding hydrogens is 240 g/mol. The van der Waals surface area contributed by atoms with E-state index in [1.165, 1.54) is 0 Å². The summed E-state index contributed by atoms with van der Waals surface area (Å²) in [6, 6.07) is 11.3. The molecule has 2 N–H and O–H groups in total. The number of aromatic nitrogens is 2. The summed E-state index contributed by atoms with van der Waals surface area (Å²) < 4.78 is 1.62. The van der Waals surface area contributed by atoms with E-state index in [4.69, 9.17) is 5.73 Å². The van der Waals surface area contributed by atoms with Crippen LogP contribution in [0.3, 0.4) is 0 Å². The maximum absolute atomic E-state index is 12.5. The van der Waals surface area contributed by atoms with Gasteiger partial charge >= 0.3 is 0 Å². The molecule has 0 unspecified atom stereocenters. The molecule has 0 saturated carbocycles. The Bertz CT molecular complexity index is 535. The zero-order chi connectivity index (χ0) is 13.7. The molecule has 1 amide bonds. The Morgan fingerprint density at radius 1 is 1.32 bits per heavy atom. The van der Waals surface area contributed by atoms with E-state index in [0.29, 0.717) is 18.8 Å². The van der Waals surface area contributed by atoms with Crippen molar-refractivity contribution in [3.05, 3.63) is 48.3 Å². The van der Waals surface area contributed by atoms with Crippen LogP contribution >= 0.6 is 0 Å². The van der Waals surface area contributed by atoms with Crippen LogP contribution in [0.2, 0.25) is 0 Å². The molecule has 0 atom stereocenters. The minimum absolute atomic E-state index is 0.0970. The molecule has 2 rings (SSSR count). The number of hydrogen-bond acceptors (Lipinski definition) is 3. The average molecular weight is 258 g/mol. The normalized spacial score (nSPS) is 10.4. The van der Waals surface area contributed by atoms with Gasteiger partial charge in [0.1, 0.15) is 0 Å². The molecule has 0 aliphatic carbocycles. The summed E-state index contributed by atoms with van der Waals surface area (Å²) in [5, 5.41) is 4.16. The van der Waals surface area contributed by atoms with Crippen molar-refractivity contribution in [1.82, 2.24) is 9.78 Å². The standard InChI is InChI=1S/C14H18N4O/c1-17-11-8-13(16-17)14(19)18(10-5-9-15)12-6-3-2-4-7-12/h2-4,6-8,11H,5,9-10,15H2,1H3. The smallest absolute Gasteiger partial charge is 0.278 e. The Labute approximate surface area is 112 Å². The van der Waals surface area contributed by atoms with Crippen molar-refractivity contribution >= 4 is 11.6 Å². The quantitative estimate of drug-likeness (QED) is 0.882. The SMILES string of the molecule is Cn1ccc(C(=O)N(CCCN)c2ccccc2)n1. The predicted octanol–water partition coefficient (Wildman–Crippen LogP) is 1.42. The van der Waals surface area contributed by atoms with Gasteiger partial charge in [-0.3, -0.25) is 9.48 Å². The minimum atomic E-state index is -0.0970. The second kappa shape index (κ2) is 6.15. The van der Waals surface area contributed by atoms with Crippen LogP contribution in [0.4, 0.5) is 5.69 Å². The molecule has 2 aromatic rings. The van der Waals surface area contributed by atoms with E-state index in [1.54, 1.807) is 28.9 Å². The first kappa shape index (κ1) is 13.3. The van der Waals surface area contributed by atoms with Gasteiger partial charge in [0.2, 0.25) is 0 Å². The maximum Gasteiger partial charge on any atom is 0.278 e. The molecule has 0 radical (unpaired) electrons. The van der Waals surface area contributed by atoms with Gasteiger partial charge in [-0.2, -0.15) is 5.10 Å². The van der Waals surface area contributed by atoms with Crippen molar-refractivity contribution in [2.75, 3.05) is 18.0 Å². The van der Waals surface area contributed by atoms with Gasteiger partial charge in [-0.25, -0.2) is 0 Å². The summed E-state index contributed by atoms with van der Waals surface area (Å²) in [5.41, 5.74) is 6.85. The highest BCUT2D eigenvalue weighted by Crippen LogP contribution is 2.16. The number of nitrogens with zero attached hydrogens (tertiary/aromatic N) is 3. The number of hydrogen-bond donors (Lipinski definition) is 1.